The van der Waals surface area contributed by atoms with Crippen LogP contribution in [0.25, 0.3) is 0 Å². The van der Waals surface area contributed by atoms with E-state index < -0.39 is 0 Å². The summed E-state index contributed by atoms with van der Waals surface area (Å²) in [5, 5.41) is 4.05. The minimum atomic E-state index is -0.228. The number of nitrogen functional groups attached to an aromatic ring is 1. The predicted octanol–water partition coefficient (Wildman–Crippen LogP) is 1.33. The summed E-state index contributed by atoms with van der Waals surface area (Å²) in [6.07, 6.45) is 4.64. The molecule has 0 saturated heterocycles. The second-order valence-corrected chi connectivity index (χ2v) is 4.41. The lowest BCUT2D eigenvalue weighted by molar-refractivity contribution is -0.142. The van der Waals surface area contributed by atoms with Crippen LogP contribution in [-0.4, -0.2) is 22.4 Å². The second kappa shape index (κ2) is 6.04. The number of hydrogen-bond acceptors (Lipinski definition) is 4. The van der Waals surface area contributed by atoms with Gasteiger partial charge in [-0.2, -0.15) is 5.10 Å². The van der Waals surface area contributed by atoms with E-state index in [4.69, 9.17) is 10.5 Å². The molecule has 100 valence electrons. The first-order valence-electron chi connectivity index (χ1n) is 6.11. The molecule has 2 aromatic rings. The highest BCUT2D eigenvalue weighted by Crippen LogP contribution is 2.07. The van der Waals surface area contributed by atoms with Gasteiger partial charge < -0.3 is 10.5 Å². The van der Waals surface area contributed by atoms with Crippen molar-refractivity contribution in [3.05, 3.63) is 47.8 Å². The zero-order chi connectivity index (χ0) is 13.7. The van der Waals surface area contributed by atoms with Crippen molar-refractivity contribution in [2.24, 2.45) is 7.05 Å². The van der Waals surface area contributed by atoms with Gasteiger partial charge in [-0.25, -0.2) is 0 Å². The van der Waals surface area contributed by atoms with Gasteiger partial charge in [0.15, 0.2) is 0 Å². The lowest BCUT2D eigenvalue weighted by Gasteiger charge is -2.04. The average Bonchev–Trinajstić information content (AvgIpc) is 2.78. The molecule has 5 nitrogen and oxygen atoms in total. The molecule has 0 amide bonds. The molecule has 0 aliphatic rings. The van der Waals surface area contributed by atoms with Crippen LogP contribution in [0.4, 0.5) is 5.69 Å². The van der Waals surface area contributed by atoms with Crippen LogP contribution in [0.3, 0.4) is 0 Å². The predicted molar refractivity (Wildman–Crippen MR) is 72.4 cm³/mol. The summed E-state index contributed by atoms with van der Waals surface area (Å²) in [5.41, 5.74) is 8.23. The molecule has 0 fully saturated rings. The molecule has 0 radical (unpaired) electrons. The largest absolute Gasteiger partial charge is 0.465 e. The first-order chi connectivity index (χ1) is 9.13. The maximum Gasteiger partial charge on any atom is 0.310 e. The fourth-order valence-corrected chi connectivity index (χ4v) is 1.74. The van der Waals surface area contributed by atoms with Gasteiger partial charge in [-0.1, -0.05) is 12.1 Å². The van der Waals surface area contributed by atoms with Crippen molar-refractivity contribution in [2.75, 3.05) is 12.3 Å². The molecule has 5 heteroatoms. The Bertz CT molecular complexity index is 546. The number of nitrogens with zero attached hydrogens (tertiary/aromatic N) is 2. The molecule has 0 aliphatic heterocycles. The van der Waals surface area contributed by atoms with Gasteiger partial charge in [0.25, 0.3) is 0 Å². The van der Waals surface area contributed by atoms with Crippen molar-refractivity contribution in [1.82, 2.24) is 9.78 Å². The summed E-state index contributed by atoms with van der Waals surface area (Å²) >= 11 is 0. The minimum absolute atomic E-state index is 0.228. The van der Waals surface area contributed by atoms with E-state index in [1.807, 2.05) is 25.4 Å². The fraction of sp³-hybridized carbons (Fsp3) is 0.286. The Hall–Kier alpha value is -2.30. The maximum absolute atomic E-state index is 11.6. The Kier molecular flexibility index (Phi) is 4.18. The molecule has 0 saturated carbocycles. The topological polar surface area (TPSA) is 70.1 Å². The number of rotatable bonds is 5. The number of aryl methyl sites for hydroxylation is 1. The first-order valence-corrected chi connectivity index (χ1v) is 6.11. The number of hydrogen-bond donors (Lipinski definition) is 1. The van der Waals surface area contributed by atoms with Gasteiger partial charge in [-0.15, -0.1) is 0 Å². The van der Waals surface area contributed by atoms with Crippen molar-refractivity contribution in [3.8, 4) is 0 Å². The van der Waals surface area contributed by atoms with E-state index in [1.165, 1.54) is 0 Å². The molecule has 0 spiro atoms. The molecule has 2 N–H and O–H groups in total. The molecule has 1 heterocycles. The van der Waals surface area contributed by atoms with Gasteiger partial charge in [0.2, 0.25) is 0 Å². The van der Waals surface area contributed by atoms with E-state index in [1.54, 1.807) is 23.0 Å². The molecule has 2 rings (SSSR count). The van der Waals surface area contributed by atoms with E-state index in [9.17, 15) is 4.79 Å². The van der Waals surface area contributed by atoms with E-state index in [-0.39, 0.29) is 12.4 Å². The average molecular weight is 259 g/mol. The second-order valence-electron chi connectivity index (χ2n) is 4.41. The van der Waals surface area contributed by atoms with E-state index >= 15 is 0 Å². The van der Waals surface area contributed by atoms with Crippen LogP contribution in [0.15, 0.2) is 36.7 Å². The summed E-state index contributed by atoms with van der Waals surface area (Å²) < 4.78 is 6.91. The van der Waals surface area contributed by atoms with Crippen molar-refractivity contribution in [2.45, 2.75) is 12.8 Å². The SMILES string of the molecule is Cn1cc(CCOC(=O)Cc2ccc(N)cc2)cn1. The molecule has 0 aliphatic carbocycles. The van der Waals surface area contributed by atoms with Crippen molar-refractivity contribution >= 4 is 11.7 Å². The van der Waals surface area contributed by atoms with Crippen LogP contribution in [0, 0.1) is 0 Å². The Morgan fingerprint density at radius 1 is 1.32 bits per heavy atom. The summed E-state index contributed by atoms with van der Waals surface area (Å²) in [4.78, 5) is 11.6. The lowest BCUT2D eigenvalue weighted by Crippen LogP contribution is -2.10. The lowest BCUT2D eigenvalue weighted by atomic mass is 10.1. The maximum atomic E-state index is 11.6. The quantitative estimate of drug-likeness (QED) is 0.649. The molecular weight excluding hydrogens is 242 g/mol. The fourth-order valence-electron chi connectivity index (χ4n) is 1.74. The summed E-state index contributed by atoms with van der Waals surface area (Å²) in [5.74, 6) is -0.228. The number of anilines is 1. The monoisotopic (exact) mass is 259 g/mol. The number of carbonyl (C=O) groups is 1. The number of carbonyl (C=O) groups excluding carboxylic acids is 1. The first kappa shape index (κ1) is 13.1. The normalized spacial score (nSPS) is 10.4. The summed E-state index contributed by atoms with van der Waals surface area (Å²) in [7, 11) is 1.86. The van der Waals surface area contributed by atoms with Crippen LogP contribution in [0.2, 0.25) is 0 Å². The van der Waals surface area contributed by atoms with Crippen LogP contribution in [0.1, 0.15) is 11.1 Å². The zero-order valence-corrected chi connectivity index (χ0v) is 10.9. The highest BCUT2D eigenvalue weighted by atomic mass is 16.5. The molecule has 19 heavy (non-hydrogen) atoms. The van der Waals surface area contributed by atoms with Crippen LogP contribution >= 0.6 is 0 Å². The van der Waals surface area contributed by atoms with Gasteiger partial charge in [0.1, 0.15) is 0 Å². The third kappa shape index (κ3) is 4.13. The Labute approximate surface area is 112 Å². The van der Waals surface area contributed by atoms with Gasteiger partial charge in [0, 0.05) is 25.4 Å². The Balaban J connectivity index is 1.74. The molecule has 1 aromatic heterocycles. The molecule has 0 unspecified atom stereocenters. The molecule has 0 bridgehead atoms. The smallest absolute Gasteiger partial charge is 0.310 e. The van der Waals surface area contributed by atoms with Gasteiger partial charge >= 0.3 is 5.97 Å². The van der Waals surface area contributed by atoms with Crippen molar-refractivity contribution in [3.63, 3.8) is 0 Å². The third-order valence-corrected chi connectivity index (χ3v) is 2.74. The van der Waals surface area contributed by atoms with Gasteiger partial charge in [0.05, 0.1) is 19.2 Å². The van der Waals surface area contributed by atoms with E-state index in [0.717, 1.165) is 11.1 Å². The third-order valence-electron chi connectivity index (χ3n) is 2.74. The highest BCUT2D eigenvalue weighted by molar-refractivity contribution is 5.72. The standard InChI is InChI=1S/C14H17N3O2/c1-17-10-12(9-16-17)6-7-19-14(18)8-11-2-4-13(15)5-3-11/h2-5,9-10H,6-8,15H2,1H3. The van der Waals surface area contributed by atoms with Crippen LogP contribution < -0.4 is 5.73 Å². The van der Waals surface area contributed by atoms with Gasteiger partial charge in [-0.3, -0.25) is 9.48 Å². The summed E-state index contributed by atoms with van der Waals surface area (Å²) in [6.45, 7) is 0.375. The molecule has 1 aromatic carbocycles. The number of aromatic nitrogens is 2. The summed E-state index contributed by atoms with van der Waals surface area (Å²) in [6, 6.07) is 7.21. The van der Waals surface area contributed by atoms with Crippen molar-refractivity contribution in [1.29, 1.82) is 0 Å². The Morgan fingerprint density at radius 2 is 2.05 bits per heavy atom. The number of benzene rings is 1. The highest BCUT2D eigenvalue weighted by Gasteiger charge is 2.05. The molecular formula is C14H17N3O2. The minimum Gasteiger partial charge on any atom is -0.465 e. The van der Waals surface area contributed by atoms with Gasteiger partial charge in [-0.05, 0) is 23.3 Å². The van der Waals surface area contributed by atoms with E-state index in [2.05, 4.69) is 5.10 Å². The molecule has 0 atom stereocenters. The van der Waals surface area contributed by atoms with Crippen LogP contribution in [-0.2, 0) is 29.4 Å². The van der Waals surface area contributed by atoms with Crippen LogP contribution in [0.5, 0.6) is 0 Å². The zero-order valence-electron chi connectivity index (χ0n) is 10.9. The van der Waals surface area contributed by atoms with E-state index in [0.29, 0.717) is 18.7 Å². The number of nitrogens with two attached hydrogens (primary N) is 1. The number of esters is 1. The Morgan fingerprint density at radius 3 is 2.68 bits per heavy atom. The number of ether oxygens (including phenoxy) is 1. The van der Waals surface area contributed by atoms with Crippen molar-refractivity contribution < 1.29 is 9.53 Å².